The normalized spacial score (nSPS) is 12.6. The van der Waals surface area contributed by atoms with Gasteiger partial charge in [0.05, 0.1) is 0 Å². The van der Waals surface area contributed by atoms with Gasteiger partial charge in [-0.1, -0.05) is 24.3 Å². The van der Waals surface area contributed by atoms with Crippen molar-refractivity contribution in [3.05, 3.63) is 59.5 Å². The molecule has 0 radical (unpaired) electrons. The van der Waals surface area contributed by atoms with Crippen LogP contribution in [0.3, 0.4) is 0 Å². The topological polar surface area (TPSA) is 42.2 Å². The number of rotatable bonds is 4. The molecule has 4 heteroatoms. The molecular weight excluding hydrogens is 241 g/mol. The van der Waals surface area contributed by atoms with Crippen molar-refractivity contribution in [1.29, 1.82) is 0 Å². The van der Waals surface area contributed by atoms with Gasteiger partial charge in [0, 0.05) is 29.9 Å². The Kier molecular flexibility index (Phi) is 4.12. The van der Waals surface area contributed by atoms with Gasteiger partial charge in [0.25, 0.3) is 0 Å². The Hall–Kier alpha value is -1.94. The Labute approximate surface area is 112 Å². The van der Waals surface area contributed by atoms with Crippen molar-refractivity contribution >= 4 is 5.82 Å². The Morgan fingerprint density at radius 3 is 2.68 bits per heavy atom. The minimum Gasteiger partial charge on any atom is -0.383 e. The summed E-state index contributed by atoms with van der Waals surface area (Å²) in [6, 6.07) is 10.6. The molecule has 0 aliphatic carbocycles. The Bertz CT molecular complexity index is 557. The minimum absolute atomic E-state index is 0.0270. The summed E-state index contributed by atoms with van der Waals surface area (Å²) in [5, 5.41) is 0. The van der Waals surface area contributed by atoms with Crippen molar-refractivity contribution in [2.75, 3.05) is 12.8 Å². The Morgan fingerprint density at radius 1 is 1.26 bits per heavy atom. The first-order valence-corrected chi connectivity index (χ1v) is 6.23. The first kappa shape index (κ1) is 13.5. The predicted molar refractivity (Wildman–Crippen MR) is 74.9 cm³/mol. The van der Waals surface area contributed by atoms with Gasteiger partial charge in [-0.15, -0.1) is 0 Å². The van der Waals surface area contributed by atoms with Gasteiger partial charge in [-0.3, -0.25) is 4.90 Å². The number of benzene rings is 1. The molecule has 3 nitrogen and oxygen atoms in total. The third-order valence-corrected chi connectivity index (χ3v) is 3.36. The van der Waals surface area contributed by atoms with E-state index in [-0.39, 0.29) is 11.9 Å². The van der Waals surface area contributed by atoms with Crippen LogP contribution >= 0.6 is 0 Å². The number of nitrogens with two attached hydrogens (primary N) is 1. The van der Waals surface area contributed by atoms with Crippen LogP contribution < -0.4 is 5.73 Å². The second-order valence-electron chi connectivity index (χ2n) is 4.66. The zero-order chi connectivity index (χ0) is 13.8. The fraction of sp³-hybridized carbons (Fsp3) is 0.267. The summed E-state index contributed by atoms with van der Waals surface area (Å²) in [6.45, 7) is 2.61. The molecule has 0 aliphatic heterocycles. The smallest absolute Gasteiger partial charge is 0.127 e. The van der Waals surface area contributed by atoms with Crippen LogP contribution in [-0.4, -0.2) is 16.9 Å². The van der Waals surface area contributed by atoms with Gasteiger partial charge in [-0.2, -0.15) is 0 Å². The van der Waals surface area contributed by atoms with Crippen LogP contribution in [0, 0.1) is 5.82 Å². The maximum Gasteiger partial charge on any atom is 0.127 e. The van der Waals surface area contributed by atoms with Crippen molar-refractivity contribution < 1.29 is 4.39 Å². The van der Waals surface area contributed by atoms with Crippen LogP contribution in [0.2, 0.25) is 0 Å². The lowest BCUT2D eigenvalue weighted by Crippen LogP contribution is -2.23. The zero-order valence-corrected chi connectivity index (χ0v) is 11.2. The summed E-state index contributed by atoms with van der Waals surface area (Å²) in [7, 11) is 1.95. The van der Waals surface area contributed by atoms with Gasteiger partial charge in [0.1, 0.15) is 11.6 Å². The number of aromatic nitrogens is 1. The predicted octanol–water partition coefficient (Wildman–Crippen LogP) is 3.00. The molecular formula is C15H18FN3. The first-order valence-electron chi connectivity index (χ1n) is 6.23. The lowest BCUT2D eigenvalue weighted by Gasteiger charge is -2.25. The average molecular weight is 259 g/mol. The van der Waals surface area contributed by atoms with Crippen molar-refractivity contribution in [2.45, 2.75) is 19.5 Å². The third kappa shape index (κ3) is 3.09. The molecule has 0 fully saturated rings. The van der Waals surface area contributed by atoms with E-state index in [4.69, 9.17) is 5.73 Å². The summed E-state index contributed by atoms with van der Waals surface area (Å²) >= 11 is 0. The standard InChI is InChI=1S/C15H18FN3/c1-11(13-7-3-4-8-14(13)16)19(2)10-12-6-5-9-18-15(12)17/h3-9,11H,10H2,1-2H3,(H2,17,18). The van der Waals surface area contributed by atoms with Gasteiger partial charge in [-0.25, -0.2) is 9.37 Å². The number of nitrogens with zero attached hydrogens (tertiary/aromatic N) is 2. The van der Waals surface area contributed by atoms with Crippen LogP contribution in [0.25, 0.3) is 0 Å². The van der Waals surface area contributed by atoms with E-state index in [1.54, 1.807) is 12.3 Å². The highest BCUT2D eigenvalue weighted by Crippen LogP contribution is 2.23. The molecule has 0 amide bonds. The van der Waals surface area contributed by atoms with Gasteiger partial charge in [-0.05, 0) is 26.1 Å². The van der Waals surface area contributed by atoms with Crippen molar-refractivity contribution in [3.8, 4) is 0 Å². The van der Waals surface area contributed by atoms with E-state index in [1.165, 1.54) is 6.07 Å². The van der Waals surface area contributed by atoms with E-state index in [0.717, 1.165) is 5.56 Å². The molecule has 2 N–H and O–H groups in total. The molecule has 0 aliphatic rings. The average Bonchev–Trinajstić information content (AvgIpc) is 2.41. The second kappa shape index (κ2) is 5.80. The maximum atomic E-state index is 13.8. The minimum atomic E-state index is -0.180. The number of hydrogen-bond donors (Lipinski definition) is 1. The highest BCUT2D eigenvalue weighted by molar-refractivity contribution is 5.38. The number of anilines is 1. The Balaban J connectivity index is 2.14. The number of pyridine rings is 1. The van der Waals surface area contributed by atoms with E-state index in [2.05, 4.69) is 4.98 Å². The fourth-order valence-corrected chi connectivity index (χ4v) is 2.04. The molecule has 2 aromatic rings. The number of halogens is 1. The van der Waals surface area contributed by atoms with E-state index in [1.807, 2.05) is 43.1 Å². The summed E-state index contributed by atoms with van der Waals surface area (Å²) in [5.41, 5.74) is 7.47. The largest absolute Gasteiger partial charge is 0.383 e. The monoisotopic (exact) mass is 259 g/mol. The molecule has 0 saturated carbocycles. The molecule has 0 spiro atoms. The van der Waals surface area contributed by atoms with E-state index < -0.39 is 0 Å². The van der Waals surface area contributed by atoms with Crippen molar-refractivity contribution in [1.82, 2.24) is 9.88 Å². The molecule has 1 atom stereocenters. The van der Waals surface area contributed by atoms with E-state index >= 15 is 0 Å². The van der Waals surface area contributed by atoms with Crippen LogP contribution in [-0.2, 0) is 6.54 Å². The summed E-state index contributed by atoms with van der Waals surface area (Å²) in [4.78, 5) is 6.11. The molecule has 0 bridgehead atoms. The quantitative estimate of drug-likeness (QED) is 0.917. The highest BCUT2D eigenvalue weighted by atomic mass is 19.1. The summed E-state index contributed by atoms with van der Waals surface area (Å²) in [5.74, 6) is 0.344. The molecule has 1 unspecified atom stereocenters. The molecule has 19 heavy (non-hydrogen) atoms. The van der Waals surface area contributed by atoms with E-state index in [9.17, 15) is 4.39 Å². The van der Waals surface area contributed by atoms with Crippen LogP contribution in [0.15, 0.2) is 42.6 Å². The van der Waals surface area contributed by atoms with Crippen molar-refractivity contribution in [3.63, 3.8) is 0 Å². The number of hydrogen-bond acceptors (Lipinski definition) is 3. The molecule has 2 rings (SSSR count). The first-order chi connectivity index (χ1) is 9.09. The van der Waals surface area contributed by atoms with Crippen LogP contribution in [0.4, 0.5) is 10.2 Å². The van der Waals surface area contributed by atoms with Crippen LogP contribution in [0.1, 0.15) is 24.1 Å². The van der Waals surface area contributed by atoms with Crippen molar-refractivity contribution in [2.24, 2.45) is 0 Å². The van der Waals surface area contributed by atoms with Gasteiger partial charge in [0.2, 0.25) is 0 Å². The Morgan fingerprint density at radius 2 is 2.00 bits per heavy atom. The third-order valence-electron chi connectivity index (χ3n) is 3.36. The maximum absolute atomic E-state index is 13.8. The lowest BCUT2D eigenvalue weighted by atomic mass is 10.1. The molecule has 1 aromatic heterocycles. The highest BCUT2D eigenvalue weighted by Gasteiger charge is 2.16. The zero-order valence-electron chi connectivity index (χ0n) is 11.2. The number of nitrogen functional groups attached to an aromatic ring is 1. The molecule has 100 valence electrons. The molecule has 1 heterocycles. The fourth-order valence-electron chi connectivity index (χ4n) is 2.04. The summed E-state index contributed by atoms with van der Waals surface area (Å²) < 4.78 is 13.8. The molecule has 1 aromatic carbocycles. The second-order valence-corrected chi connectivity index (χ2v) is 4.66. The van der Waals surface area contributed by atoms with Gasteiger partial charge in [0.15, 0.2) is 0 Å². The summed E-state index contributed by atoms with van der Waals surface area (Å²) in [6.07, 6.45) is 1.67. The SMILES string of the molecule is CC(c1ccccc1F)N(C)Cc1cccnc1N. The van der Waals surface area contributed by atoms with Gasteiger partial charge < -0.3 is 5.73 Å². The van der Waals surface area contributed by atoms with Gasteiger partial charge >= 0.3 is 0 Å². The lowest BCUT2D eigenvalue weighted by molar-refractivity contribution is 0.248. The van der Waals surface area contributed by atoms with Crippen LogP contribution in [0.5, 0.6) is 0 Å². The molecule has 0 saturated heterocycles. The van der Waals surface area contributed by atoms with E-state index in [0.29, 0.717) is 17.9 Å².